The number of halogens is 1. The van der Waals surface area contributed by atoms with Crippen LogP contribution in [-0.2, 0) is 16.6 Å². The minimum atomic E-state index is -3.35. The summed E-state index contributed by atoms with van der Waals surface area (Å²) in [5, 5.41) is 4.71. The Morgan fingerprint density at radius 1 is 1.04 bits per heavy atom. The van der Waals surface area contributed by atoms with Crippen LogP contribution in [0, 0.1) is 0 Å². The van der Waals surface area contributed by atoms with Crippen LogP contribution in [-0.4, -0.2) is 66.4 Å². The van der Waals surface area contributed by atoms with Crippen LogP contribution in [0.25, 0.3) is 0 Å². The van der Waals surface area contributed by atoms with E-state index in [9.17, 15) is 8.42 Å². The molecular formula is C17H22ClN5O3S. The lowest BCUT2D eigenvalue weighted by Gasteiger charge is -2.34. The van der Waals surface area contributed by atoms with Gasteiger partial charge in [-0.15, -0.1) is 0 Å². The molecule has 0 bridgehead atoms. The molecule has 146 valence electrons. The first kappa shape index (κ1) is 18.7. The van der Waals surface area contributed by atoms with Gasteiger partial charge in [-0.05, 0) is 30.5 Å². The molecule has 0 amide bonds. The molecule has 8 nitrogen and oxygen atoms in total. The number of anilines is 1. The highest BCUT2D eigenvalue weighted by Crippen LogP contribution is 2.21. The summed E-state index contributed by atoms with van der Waals surface area (Å²) in [7, 11) is -3.35. The Bertz CT molecular complexity index is 889. The summed E-state index contributed by atoms with van der Waals surface area (Å²) in [6.07, 6.45) is 2.42. The smallest absolute Gasteiger partial charge is 0.322 e. The number of piperazine rings is 1. The van der Waals surface area contributed by atoms with Gasteiger partial charge in [0.2, 0.25) is 0 Å². The fraction of sp³-hybridized carbons (Fsp3) is 0.529. The van der Waals surface area contributed by atoms with Crippen molar-refractivity contribution in [1.82, 2.24) is 18.8 Å². The summed E-state index contributed by atoms with van der Waals surface area (Å²) in [5.74, 6) is 0.583. The van der Waals surface area contributed by atoms with Gasteiger partial charge < -0.3 is 9.42 Å². The third kappa shape index (κ3) is 4.11. The van der Waals surface area contributed by atoms with Crippen LogP contribution in [0.3, 0.4) is 0 Å². The minimum Gasteiger partial charge on any atom is -0.322 e. The van der Waals surface area contributed by atoms with Crippen LogP contribution in [0.4, 0.5) is 6.01 Å². The Labute approximate surface area is 163 Å². The lowest BCUT2D eigenvalue weighted by molar-refractivity contribution is 0.328. The van der Waals surface area contributed by atoms with Crippen molar-refractivity contribution < 1.29 is 12.9 Å². The Morgan fingerprint density at radius 2 is 1.74 bits per heavy atom. The molecule has 27 heavy (non-hydrogen) atoms. The molecule has 2 saturated heterocycles. The summed E-state index contributed by atoms with van der Waals surface area (Å²) in [5.41, 5.74) is 1.01. The minimum absolute atomic E-state index is 0.421. The van der Waals surface area contributed by atoms with Gasteiger partial charge >= 0.3 is 6.01 Å². The molecule has 2 aliphatic rings. The lowest BCUT2D eigenvalue weighted by atomic mass is 10.1. The standard InChI is InChI=1S/C17H22ClN5O3S/c18-15-5-3-4-14(12-15)13-16-19-17(26-20-16)21-8-10-23(11-9-21)27(24,25)22-6-1-2-7-22/h3-5,12H,1-2,6-11,13H2. The molecule has 10 heteroatoms. The van der Waals surface area contributed by atoms with Crippen molar-refractivity contribution in [3.05, 3.63) is 40.7 Å². The van der Waals surface area contributed by atoms with E-state index in [0.29, 0.717) is 62.6 Å². The quantitative estimate of drug-likeness (QED) is 0.745. The molecule has 2 fully saturated rings. The van der Waals surface area contributed by atoms with Crippen molar-refractivity contribution in [2.24, 2.45) is 0 Å². The van der Waals surface area contributed by atoms with Crippen molar-refractivity contribution in [1.29, 1.82) is 0 Å². The molecule has 0 unspecified atom stereocenters. The maximum Gasteiger partial charge on any atom is 0.324 e. The number of benzene rings is 1. The molecule has 0 radical (unpaired) electrons. The van der Waals surface area contributed by atoms with Gasteiger partial charge in [0, 0.05) is 50.7 Å². The van der Waals surface area contributed by atoms with Crippen molar-refractivity contribution >= 4 is 27.8 Å². The SMILES string of the molecule is O=S(=O)(N1CCCC1)N1CCN(c2nc(Cc3cccc(Cl)c3)no2)CC1. The number of hydrogen-bond donors (Lipinski definition) is 0. The van der Waals surface area contributed by atoms with E-state index < -0.39 is 10.2 Å². The van der Waals surface area contributed by atoms with Gasteiger partial charge in [-0.1, -0.05) is 28.9 Å². The van der Waals surface area contributed by atoms with E-state index in [4.69, 9.17) is 16.1 Å². The first-order chi connectivity index (χ1) is 13.0. The lowest BCUT2D eigenvalue weighted by Crippen LogP contribution is -2.52. The van der Waals surface area contributed by atoms with Crippen molar-refractivity contribution in [3.8, 4) is 0 Å². The van der Waals surface area contributed by atoms with E-state index in [1.807, 2.05) is 29.2 Å². The number of rotatable bonds is 5. The fourth-order valence-corrected chi connectivity index (χ4v) is 5.35. The maximum absolute atomic E-state index is 12.6. The normalized spacial score (nSPS) is 19.7. The molecule has 3 heterocycles. The van der Waals surface area contributed by atoms with Gasteiger partial charge in [-0.25, -0.2) is 0 Å². The average Bonchev–Trinajstić information content (AvgIpc) is 3.34. The molecule has 1 aromatic heterocycles. The summed E-state index contributed by atoms with van der Waals surface area (Å²) in [6.45, 7) is 3.16. The van der Waals surface area contributed by atoms with Gasteiger partial charge in [0.1, 0.15) is 0 Å². The first-order valence-corrected chi connectivity index (χ1v) is 10.9. The second-order valence-corrected chi connectivity index (χ2v) is 9.16. The third-order valence-electron chi connectivity index (χ3n) is 4.94. The summed E-state index contributed by atoms with van der Waals surface area (Å²) >= 11 is 6.01. The zero-order valence-electron chi connectivity index (χ0n) is 14.9. The second-order valence-electron chi connectivity index (χ2n) is 6.80. The highest BCUT2D eigenvalue weighted by atomic mass is 35.5. The Hall–Kier alpha value is -1.68. The zero-order valence-corrected chi connectivity index (χ0v) is 16.5. The molecule has 2 aromatic rings. The van der Waals surface area contributed by atoms with Gasteiger partial charge in [0.25, 0.3) is 10.2 Å². The van der Waals surface area contributed by atoms with E-state index in [1.54, 1.807) is 8.61 Å². The number of nitrogens with zero attached hydrogens (tertiary/aromatic N) is 5. The Balaban J connectivity index is 1.37. The molecule has 0 saturated carbocycles. The maximum atomic E-state index is 12.6. The topological polar surface area (TPSA) is 82.8 Å². The summed E-state index contributed by atoms with van der Waals surface area (Å²) < 4.78 is 33.8. The van der Waals surface area contributed by atoms with Crippen LogP contribution >= 0.6 is 11.6 Å². The molecule has 0 atom stereocenters. The monoisotopic (exact) mass is 411 g/mol. The predicted octanol–water partition coefficient (Wildman–Crippen LogP) is 1.78. The van der Waals surface area contributed by atoms with Gasteiger partial charge in [0.05, 0.1) is 0 Å². The highest BCUT2D eigenvalue weighted by Gasteiger charge is 2.34. The van der Waals surface area contributed by atoms with E-state index in [0.717, 1.165) is 18.4 Å². The Morgan fingerprint density at radius 3 is 2.44 bits per heavy atom. The molecule has 0 aliphatic carbocycles. The largest absolute Gasteiger partial charge is 0.324 e. The highest BCUT2D eigenvalue weighted by molar-refractivity contribution is 7.86. The van der Waals surface area contributed by atoms with Gasteiger partial charge in [-0.3, -0.25) is 0 Å². The third-order valence-corrected chi connectivity index (χ3v) is 7.21. The number of aromatic nitrogens is 2. The van der Waals surface area contributed by atoms with Crippen LogP contribution in [0.1, 0.15) is 24.2 Å². The van der Waals surface area contributed by atoms with E-state index in [-0.39, 0.29) is 0 Å². The average molecular weight is 412 g/mol. The summed E-state index contributed by atoms with van der Waals surface area (Å²) in [4.78, 5) is 6.39. The van der Waals surface area contributed by atoms with Crippen LogP contribution in [0.5, 0.6) is 0 Å². The van der Waals surface area contributed by atoms with Crippen molar-refractivity contribution in [2.75, 3.05) is 44.2 Å². The molecule has 0 N–H and O–H groups in total. The molecule has 0 spiro atoms. The van der Waals surface area contributed by atoms with Crippen LogP contribution < -0.4 is 4.90 Å². The van der Waals surface area contributed by atoms with Crippen molar-refractivity contribution in [3.63, 3.8) is 0 Å². The Kier molecular flexibility index (Phi) is 5.36. The van der Waals surface area contributed by atoms with E-state index >= 15 is 0 Å². The molecule has 4 rings (SSSR count). The van der Waals surface area contributed by atoms with Gasteiger partial charge in [-0.2, -0.15) is 22.0 Å². The van der Waals surface area contributed by atoms with Crippen molar-refractivity contribution in [2.45, 2.75) is 19.3 Å². The predicted molar refractivity (Wildman–Crippen MR) is 102 cm³/mol. The summed E-state index contributed by atoms with van der Waals surface area (Å²) in [6, 6.07) is 7.98. The molecule has 1 aromatic carbocycles. The van der Waals surface area contributed by atoms with Gasteiger partial charge in [0.15, 0.2) is 5.82 Å². The van der Waals surface area contributed by atoms with E-state index in [2.05, 4.69) is 10.1 Å². The van der Waals surface area contributed by atoms with E-state index in [1.165, 1.54) is 0 Å². The van der Waals surface area contributed by atoms with Crippen LogP contribution in [0.2, 0.25) is 5.02 Å². The fourth-order valence-electron chi connectivity index (χ4n) is 3.47. The molecule has 2 aliphatic heterocycles. The molecular weight excluding hydrogens is 390 g/mol. The zero-order chi connectivity index (χ0) is 18.9. The number of hydrogen-bond acceptors (Lipinski definition) is 6. The van der Waals surface area contributed by atoms with Crippen LogP contribution in [0.15, 0.2) is 28.8 Å². The second kappa shape index (κ2) is 7.75. The first-order valence-electron chi connectivity index (χ1n) is 9.09.